The van der Waals surface area contributed by atoms with Crippen molar-refractivity contribution in [2.24, 2.45) is 0 Å². The zero-order valence-corrected chi connectivity index (χ0v) is 14.5. The number of thiophene rings is 1. The summed E-state index contributed by atoms with van der Waals surface area (Å²) in [5, 5.41) is 3.74. The van der Waals surface area contributed by atoms with Gasteiger partial charge in [0.2, 0.25) is 0 Å². The van der Waals surface area contributed by atoms with Gasteiger partial charge < -0.3 is 10.2 Å². The summed E-state index contributed by atoms with van der Waals surface area (Å²) >= 11 is 5.33. The van der Waals surface area contributed by atoms with Crippen molar-refractivity contribution in [3.63, 3.8) is 0 Å². The zero-order chi connectivity index (χ0) is 14.5. The lowest BCUT2D eigenvalue weighted by atomic mass is 10.1. The van der Waals surface area contributed by atoms with Gasteiger partial charge in [0, 0.05) is 23.5 Å². The summed E-state index contributed by atoms with van der Waals surface area (Å²) in [7, 11) is 4.23. The summed E-state index contributed by atoms with van der Waals surface area (Å²) in [6, 6.07) is 15.6. The van der Waals surface area contributed by atoms with Gasteiger partial charge >= 0.3 is 0 Å². The average Bonchev–Trinajstić information content (AvgIpc) is 2.85. The van der Waals surface area contributed by atoms with Gasteiger partial charge in [0.1, 0.15) is 0 Å². The molecule has 2 rings (SSSR count). The van der Waals surface area contributed by atoms with E-state index in [1.54, 1.807) is 11.3 Å². The number of benzene rings is 1. The smallest absolute Gasteiger partial charge is 0.0701 e. The predicted octanol–water partition coefficient (Wildman–Crippen LogP) is 4.46. The van der Waals surface area contributed by atoms with Crippen LogP contribution in [0.2, 0.25) is 0 Å². The first-order valence-electron chi connectivity index (χ1n) is 6.77. The van der Waals surface area contributed by atoms with Crippen LogP contribution < -0.4 is 5.32 Å². The Bertz CT molecular complexity index is 524. The van der Waals surface area contributed by atoms with Crippen molar-refractivity contribution in [3.05, 3.63) is 56.7 Å². The summed E-state index contributed by atoms with van der Waals surface area (Å²) in [5.41, 5.74) is 1.34. The summed E-state index contributed by atoms with van der Waals surface area (Å²) in [5.74, 6) is 0. The number of hydrogen-bond acceptors (Lipinski definition) is 3. The maximum atomic E-state index is 3.74. The highest BCUT2D eigenvalue weighted by Gasteiger charge is 2.17. The van der Waals surface area contributed by atoms with E-state index in [0.29, 0.717) is 12.1 Å². The molecular weight excluding hydrogens is 332 g/mol. The molecule has 20 heavy (non-hydrogen) atoms. The number of nitrogens with zero attached hydrogens (tertiary/aromatic N) is 1. The predicted molar refractivity (Wildman–Crippen MR) is 91.3 cm³/mol. The fourth-order valence-electron chi connectivity index (χ4n) is 2.25. The molecule has 4 heteroatoms. The molecule has 0 saturated carbocycles. The van der Waals surface area contributed by atoms with E-state index in [4.69, 9.17) is 0 Å². The highest BCUT2D eigenvalue weighted by atomic mass is 79.9. The van der Waals surface area contributed by atoms with Crippen molar-refractivity contribution >= 4 is 27.3 Å². The van der Waals surface area contributed by atoms with Crippen molar-refractivity contribution in [2.75, 3.05) is 20.6 Å². The largest absolute Gasteiger partial charge is 0.308 e. The third-order valence-electron chi connectivity index (χ3n) is 3.22. The lowest BCUT2D eigenvalue weighted by Crippen LogP contribution is -2.32. The van der Waals surface area contributed by atoms with Crippen LogP contribution in [0.3, 0.4) is 0 Å². The van der Waals surface area contributed by atoms with Crippen LogP contribution in [0.1, 0.15) is 29.4 Å². The van der Waals surface area contributed by atoms with Gasteiger partial charge in [-0.05, 0) is 54.6 Å². The molecule has 1 N–H and O–H groups in total. The Hall–Kier alpha value is -0.680. The summed E-state index contributed by atoms with van der Waals surface area (Å²) in [4.78, 5) is 3.58. The third-order valence-corrected chi connectivity index (χ3v) is 5.03. The SMILES string of the molecule is CC(NC(CN(C)C)c1ccccc1)c1ccc(Br)s1. The Morgan fingerprint density at radius 1 is 1.15 bits per heavy atom. The minimum atomic E-state index is 0.335. The van der Waals surface area contributed by atoms with E-state index in [9.17, 15) is 0 Å². The Balaban J connectivity index is 2.11. The first-order chi connectivity index (χ1) is 9.56. The van der Waals surface area contributed by atoms with Crippen molar-refractivity contribution in [2.45, 2.75) is 19.0 Å². The molecule has 0 radical (unpaired) electrons. The molecule has 2 aromatic rings. The fourth-order valence-corrected chi connectivity index (χ4v) is 3.68. The molecule has 2 unspecified atom stereocenters. The Morgan fingerprint density at radius 2 is 1.85 bits per heavy atom. The maximum Gasteiger partial charge on any atom is 0.0701 e. The monoisotopic (exact) mass is 352 g/mol. The summed E-state index contributed by atoms with van der Waals surface area (Å²) in [6.07, 6.45) is 0. The highest BCUT2D eigenvalue weighted by molar-refractivity contribution is 9.11. The maximum absolute atomic E-state index is 3.74. The van der Waals surface area contributed by atoms with Crippen LogP contribution in [0.15, 0.2) is 46.3 Å². The lowest BCUT2D eigenvalue weighted by molar-refractivity contribution is 0.326. The van der Waals surface area contributed by atoms with E-state index in [1.807, 2.05) is 0 Å². The molecule has 0 fully saturated rings. The molecule has 108 valence electrons. The van der Waals surface area contributed by atoms with Gasteiger partial charge in [-0.1, -0.05) is 30.3 Å². The Kier molecular flexibility index (Phi) is 5.78. The van der Waals surface area contributed by atoms with Crippen LogP contribution in [-0.4, -0.2) is 25.5 Å². The highest BCUT2D eigenvalue weighted by Crippen LogP contribution is 2.29. The van der Waals surface area contributed by atoms with Gasteiger partial charge in [-0.3, -0.25) is 0 Å². The molecule has 1 aromatic heterocycles. The van der Waals surface area contributed by atoms with Crippen LogP contribution in [0, 0.1) is 0 Å². The average molecular weight is 353 g/mol. The van der Waals surface area contributed by atoms with Gasteiger partial charge in [-0.15, -0.1) is 11.3 Å². The number of likely N-dealkylation sites (N-methyl/N-ethyl adjacent to an activating group) is 1. The van der Waals surface area contributed by atoms with Crippen molar-refractivity contribution in [1.82, 2.24) is 10.2 Å². The first kappa shape index (κ1) is 15.7. The van der Waals surface area contributed by atoms with Crippen molar-refractivity contribution in [3.8, 4) is 0 Å². The number of rotatable bonds is 6. The van der Waals surface area contributed by atoms with E-state index in [1.165, 1.54) is 14.2 Å². The second-order valence-electron chi connectivity index (χ2n) is 5.26. The van der Waals surface area contributed by atoms with Crippen LogP contribution in [-0.2, 0) is 0 Å². The van der Waals surface area contributed by atoms with Crippen LogP contribution >= 0.6 is 27.3 Å². The second kappa shape index (κ2) is 7.36. The van der Waals surface area contributed by atoms with E-state index < -0.39 is 0 Å². The van der Waals surface area contributed by atoms with Crippen LogP contribution in [0.5, 0.6) is 0 Å². The van der Waals surface area contributed by atoms with Crippen LogP contribution in [0.25, 0.3) is 0 Å². The van der Waals surface area contributed by atoms with Crippen molar-refractivity contribution < 1.29 is 0 Å². The van der Waals surface area contributed by atoms with Gasteiger partial charge in [-0.2, -0.15) is 0 Å². The number of hydrogen-bond donors (Lipinski definition) is 1. The Labute approximate surface area is 133 Å². The quantitative estimate of drug-likeness (QED) is 0.825. The summed E-state index contributed by atoms with van der Waals surface area (Å²) in [6.45, 7) is 3.21. The number of nitrogens with one attached hydrogen (secondary N) is 1. The molecule has 2 atom stereocenters. The lowest BCUT2D eigenvalue weighted by Gasteiger charge is -2.26. The molecule has 0 amide bonds. The minimum absolute atomic E-state index is 0.335. The molecule has 0 aliphatic rings. The molecule has 0 aliphatic carbocycles. The topological polar surface area (TPSA) is 15.3 Å². The normalized spacial score (nSPS) is 14.4. The first-order valence-corrected chi connectivity index (χ1v) is 8.38. The molecule has 1 aromatic carbocycles. The van der Waals surface area contributed by atoms with E-state index in [2.05, 4.69) is 89.6 Å². The van der Waals surface area contributed by atoms with Gasteiger partial charge in [0.25, 0.3) is 0 Å². The molecular formula is C16H21BrN2S. The molecule has 0 spiro atoms. The zero-order valence-electron chi connectivity index (χ0n) is 12.1. The van der Waals surface area contributed by atoms with E-state index in [0.717, 1.165) is 6.54 Å². The van der Waals surface area contributed by atoms with E-state index >= 15 is 0 Å². The molecule has 0 saturated heterocycles. The molecule has 0 bridgehead atoms. The molecule has 0 aliphatic heterocycles. The fraction of sp³-hybridized carbons (Fsp3) is 0.375. The standard InChI is InChI=1S/C16H21BrN2S/c1-12(15-9-10-16(17)20-15)18-14(11-19(2)3)13-7-5-4-6-8-13/h4-10,12,14,18H,11H2,1-3H3. The van der Waals surface area contributed by atoms with Crippen molar-refractivity contribution in [1.29, 1.82) is 0 Å². The number of halogens is 1. The second-order valence-corrected chi connectivity index (χ2v) is 7.75. The van der Waals surface area contributed by atoms with Crippen LogP contribution in [0.4, 0.5) is 0 Å². The molecule has 1 heterocycles. The van der Waals surface area contributed by atoms with E-state index in [-0.39, 0.29) is 0 Å². The van der Waals surface area contributed by atoms with Gasteiger partial charge in [-0.25, -0.2) is 0 Å². The van der Waals surface area contributed by atoms with Gasteiger partial charge in [0.15, 0.2) is 0 Å². The Morgan fingerprint density at radius 3 is 2.40 bits per heavy atom. The third kappa shape index (κ3) is 4.42. The molecule has 2 nitrogen and oxygen atoms in total. The minimum Gasteiger partial charge on any atom is -0.308 e. The summed E-state index contributed by atoms with van der Waals surface area (Å²) < 4.78 is 1.19. The van der Waals surface area contributed by atoms with Gasteiger partial charge in [0.05, 0.1) is 3.79 Å².